The highest BCUT2D eigenvalue weighted by molar-refractivity contribution is 7.98. The Hall–Kier alpha value is -1.54. The minimum absolute atomic E-state index is 0.225. The van der Waals surface area contributed by atoms with E-state index in [1.165, 1.54) is 6.07 Å². The summed E-state index contributed by atoms with van der Waals surface area (Å²) >= 11 is 1.58. The quantitative estimate of drug-likeness (QED) is 0.492. The van der Waals surface area contributed by atoms with E-state index in [0.29, 0.717) is 31.2 Å². The number of hydrogen-bond donors (Lipinski definition) is 4. The highest BCUT2D eigenvalue weighted by Gasteiger charge is 2.13. The fourth-order valence-electron chi connectivity index (χ4n) is 1.51. The molecule has 0 aromatic carbocycles. The standard InChI is InChI=1S/C12H20N4O3S/c1-8-7-10(18)16-12(15-8)14-5-4-13-11(19)9(17)3-6-20-2/h7,9,17H,3-6H2,1-2H3,(H,13,19)(H2,14,15,16,18)/t9-/m1/s1. The van der Waals surface area contributed by atoms with Gasteiger partial charge in [0.2, 0.25) is 11.9 Å². The number of aryl methyl sites for hydroxylation is 1. The van der Waals surface area contributed by atoms with E-state index in [1.54, 1.807) is 18.7 Å². The maximum atomic E-state index is 11.5. The molecule has 0 aliphatic heterocycles. The predicted octanol–water partition coefficient (Wildman–Crippen LogP) is -0.280. The predicted molar refractivity (Wildman–Crippen MR) is 80.1 cm³/mol. The third-order valence-corrected chi connectivity index (χ3v) is 3.13. The number of hydrogen-bond acceptors (Lipinski definition) is 6. The Balaban J connectivity index is 2.27. The number of thioether (sulfide) groups is 1. The molecule has 0 spiro atoms. The van der Waals surface area contributed by atoms with Crippen molar-refractivity contribution in [2.75, 3.05) is 30.4 Å². The van der Waals surface area contributed by atoms with Gasteiger partial charge in [-0.15, -0.1) is 0 Å². The van der Waals surface area contributed by atoms with Crippen LogP contribution in [0, 0.1) is 6.92 Å². The van der Waals surface area contributed by atoms with Gasteiger partial charge >= 0.3 is 0 Å². The van der Waals surface area contributed by atoms with Gasteiger partial charge < -0.3 is 15.7 Å². The van der Waals surface area contributed by atoms with Gasteiger partial charge in [-0.25, -0.2) is 4.98 Å². The van der Waals surface area contributed by atoms with E-state index in [0.717, 1.165) is 5.75 Å². The van der Waals surface area contributed by atoms with Crippen molar-refractivity contribution >= 4 is 23.6 Å². The summed E-state index contributed by atoms with van der Waals surface area (Å²) in [4.78, 5) is 29.3. The third-order valence-electron chi connectivity index (χ3n) is 2.48. The summed E-state index contributed by atoms with van der Waals surface area (Å²) in [6.07, 6.45) is 1.39. The highest BCUT2D eigenvalue weighted by atomic mass is 32.2. The first-order chi connectivity index (χ1) is 9.52. The second-order valence-corrected chi connectivity index (χ2v) is 5.24. The fraction of sp³-hybridized carbons (Fsp3) is 0.583. The lowest BCUT2D eigenvalue weighted by molar-refractivity contribution is -0.129. The van der Waals surface area contributed by atoms with Gasteiger partial charge in [-0.1, -0.05) is 0 Å². The molecule has 0 bridgehead atoms. The molecular formula is C12H20N4O3S. The van der Waals surface area contributed by atoms with Crippen LogP contribution in [0.4, 0.5) is 5.95 Å². The smallest absolute Gasteiger partial charge is 0.252 e. The normalized spacial score (nSPS) is 11.9. The zero-order valence-electron chi connectivity index (χ0n) is 11.6. The summed E-state index contributed by atoms with van der Waals surface area (Å²) in [5.41, 5.74) is 0.393. The van der Waals surface area contributed by atoms with E-state index >= 15 is 0 Å². The number of nitrogens with zero attached hydrogens (tertiary/aromatic N) is 1. The molecule has 0 saturated heterocycles. The number of aromatic nitrogens is 2. The Bertz CT molecular complexity index is 492. The first-order valence-corrected chi connectivity index (χ1v) is 7.69. The number of carbonyl (C=O) groups is 1. The number of carbonyl (C=O) groups excluding carboxylic acids is 1. The van der Waals surface area contributed by atoms with Crippen LogP contribution in [0.5, 0.6) is 0 Å². The molecule has 1 amide bonds. The van der Waals surface area contributed by atoms with Crippen LogP contribution in [-0.2, 0) is 4.79 Å². The van der Waals surface area contributed by atoms with Crippen LogP contribution in [0.3, 0.4) is 0 Å². The van der Waals surface area contributed by atoms with Crippen molar-refractivity contribution in [2.24, 2.45) is 0 Å². The summed E-state index contributed by atoms with van der Waals surface area (Å²) < 4.78 is 0. The van der Waals surface area contributed by atoms with Crippen LogP contribution in [0.1, 0.15) is 12.1 Å². The lowest BCUT2D eigenvalue weighted by Gasteiger charge is -2.11. The van der Waals surface area contributed by atoms with Crippen molar-refractivity contribution in [2.45, 2.75) is 19.4 Å². The number of aliphatic hydroxyl groups is 1. The molecule has 1 aromatic heterocycles. The summed E-state index contributed by atoms with van der Waals surface area (Å²) in [6, 6.07) is 1.40. The molecule has 8 heteroatoms. The van der Waals surface area contributed by atoms with E-state index < -0.39 is 6.10 Å². The summed E-state index contributed by atoms with van der Waals surface area (Å²) in [5, 5.41) is 15.0. The Morgan fingerprint density at radius 1 is 1.55 bits per heavy atom. The van der Waals surface area contributed by atoms with Gasteiger partial charge in [0.25, 0.3) is 5.56 Å². The molecule has 20 heavy (non-hydrogen) atoms. The minimum Gasteiger partial charge on any atom is -0.383 e. The van der Waals surface area contributed by atoms with Crippen LogP contribution in [-0.4, -0.2) is 52.2 Å². The molecule has 0 aliphatic carbocycles. The molecule has 1 aromatic rings. The number of H-pyrrole nitrogens is 1. The Morgan fingerprint density at radius 2 is 2.30 bits per heavy atom. The molecular weight excluding hydrogens is 280 g/mol. The largest absolute Gasteiger partial charge is 0.383 e. The van der Waals surface area contributed by atoms with Crippen LogP contribution in [0.25, 0.3) is 0 Å². The fourth-order valence-corrected chi connectivity index (χ4v) is 1.97. The van der Waals surface area contributed by atoms with Gasteiger partial charge in [0.15, 0.2) is 0 Å². The van der Waals surface area contributed by atoms with E-state index in [4.69, 9.17) is 0 Å². The van der Waals surface area contributed by atoms with Gasteiger partial charge in [-0.3, -0.25) is 14.6 Å². The molecule has 0 aliphatic rings. The van der Waals surface area contributed by atoms with Crippen LogP contribution < -0.4 is 16.2 Å². The van der Waals surface area contributed by atoms with Crippen LogP contribution >= 0.6 is 11.8 Å². The average molecular weight is 300 g/mol. The van der Waals surface area contributed by atoms with Crippen molar-refractivity contribution in [1.29, 1.82) is 0 Å². The SMILES string of the molecule is CSCC[C@@H](O)C(=O)NCCNc1nc(C)cc(=O)[nH]1. The molecule has 4 N–H and O–H groups in total. The van der Waals surface area contributed by atoms with Gasteiger partial charge in [-0.05, 0) is 25.4 Å². The second kappa shape index (κ2) is 8.60. The first-order valence-electron chi connectivity index (χ1n) is 6.29. The number of rotatable bonds is 8. The van der Waals surface area contributed by atoms with Gasteiger partial charge in [0.1, 0.15) is 6.10 Å². The molecule has 1 heterocycles. The van der Waals surface area contributed by atoms with Crippen LogP contribution in [0.15, 0.2) is 10.9 Å². The van der Waals surface area contributed by atoms with Crippen molar-refractivity contribution in [3.05, 3.63) is 22.1 Å². The zero-order valence-corrected chi connectivity index (χ0v) is 12.4. The Morgan fingerprint density at radius 3 is 2.95 bits per heavy atom. The molecule has 0 saturated carbocycles. The van der Waals surface area contributed by atoms with Gasteiger partial charge in [-0.2, -0.15) is 11.8 Å². The molecule has 0 unspecified atom stereocenters. The van der Waals surface area contributed by atoms with E-state index in [1.807, 2.05) is 6.26 Å². The first kappa shape index (κ1) is 16.5. The van der Waals surface area contributed by atoms with Crippen molar-refractivity contribution in [1.82, 2.24) is 15.3 Å². The molecule has 1 atom stereocenters. The Kier molecular flexibility index (Phi) is 7.10. The second-order valence-electron chi connectivity index (χ2n) is 4.25. The van der Waals surface area contributed by atoms with E-state index in [2.05, 4.69) is 20.6 Å². The van der Waals surface area contributed by atoms with E-state index in [-0.39, 0.29) is 11.5 Å². The zero-order chi connectivity index (χ0) is 15.0. The van der Waals surface area contributed by atoms with Gasteiger partial charge in [0, 0.05) is 24.8 Å². The lowest BCUT2D eigenvalue weighted by Crippen LogP contribution is -2.37. The van der Waals surface area contributed by atoms with Gasteiger partial charge in [0.05, 0.1) is 0 Å². The number of aliphatic hydroxyl groups excluding tert-OH is 1. The number of nitrogens with one attached hydrogen (secondary N) is 3. The minimum atomic E-state index is -0.973. The molecule has 0 fully saturated rings. The summed E-state index contributed by atoms with van der Waals surface area (Å²) in [7, 11) is 0. The Labute approximate surface area is 121 Å². The van der Waals surface area contributed by atoms with E-state index in [9.17, 15) is 14.7 Å². The summed E-state index contributed by atoms with van der Waals surface area (Å²) in [6.45, 7) is 2.48. The van der Waals surface area contributed by atoms with Crippen molar-refractivity contribution < 1.29 is 9.90 Å². The third kappa shape index (κ3) is 6.07. The lowest BCUT2D eigenvalue weighted by atomic mass is 10.2. The van der Waals surface area contributed by atoms with Crippen molar-refractivity contribution in [3.8, 4) is 0 Å². The van der Waals surface area contributed by atoms with Crippen molar-refractivity contribution in [3.63, 3.8) is 0 Å². The molecule has 112 valence electrons. The number of aromatic amines is 1. The number of anilines is 1. The molecule has 1 rings (SSSR count). The topological polar surface area (TPSA) is 107 Å². The average Bonchev–Trinajstić information content (AvgIpc) is 2.39. The molecule has 7 nitrogen and oxygen atoms in total. The monoisotopic (exact) mass is 300 g/mol. The maximum Gasteiger partial charge on any atom is 0.252 e. The number of amides is 1. The molecule has 0 radical (unpaired) electrons. The van der Waals surface area contributed by atoms with Crippen LogP contribution in [0.2, 0.25) is 0 Å². The summed E-state index contributed by atoms with van der Waals surface area (Å²) in [5.74, 6) is 0.722. The maximum absolute atomic E-state index is 11.5. The highest BCUT2D eigenvalue weighted by Crippen LogP contribution is 2.00.